The van der Waals surface area contributed by atoms with Gasteiger partial charge in [-0.15, -0.1) is 0 Å². The first-order chi connectivity index (χ1) is 9.27. The summed E-state index contributed by atoms with van der Waals surface area (Å²) in [5.74, 6) is 1.10. The van der Waals surface area contributed by atoms with Gasteiger partial charge in [0.25, 0.3) is 0 Å². The topological polar surface area (TPSA) is 32.3 Å². The fourth-order valence-electron chi connectivity index (χ4n) is 2.82. The van der Waals surface area contributed by atoms with Gasteiger partial charge in [-0.05, 0) is 44.7 Å². The van der Waals surface area contributed by atoms with E-state index in [1.165, 1.54) is 32.1 Å². The summed E-state index contributed by atoms with van der Waals surface area (Å²) in [7, 11) is 0. The lowest BCUT2D eigenvalue weighted by Gasteiger charge is -2.30. The van der Waals surface area contributed by atoms with Crippen LogP contribution in [0, 0.1) is 5.92 Å². The fraction of sp³-hybridized carbons (Fsp3) is 0.938. The molecule has 0 aliphatic carbocycles. The molecular weight excluding hydrogens is 236 g/mol. The van der Waals surface area contributed by atoms with Crippen molar-refractivity contribution in [3.05, 3.63) is 0 Å². The van der Waals surface area contributed by atoms with Crippen molar-refractivity contribution in [1.29, 1.82) is 0 Å². The second-order valence-corrected chi connectivity index (χ2v) is 5.84. The van der Waals surface area contributed by atoms with E-state index in [4.69, 9.17) is 0 Å². The maximum atomic E-state index is 12.3. The second kappa shape index (κ2) is 10.2. The number of piperidine rings is 1. The Morgan fingerprint density at radius 2 is 1.84 bits per heavy atom. The molecule has 1 amide bonds. The first-order valence-electron chi connectivity index (χ1n) is 8.26. The zero-order chi connectivity index (χ0) is 13.9. The van der Waals surface area contributed by atoms with Crippen molar-refractivity contribution in [2.24, 2.45) is 5.92 Å². The third-order valence-electron chi connectivity index (χ3n) is 4.03. The fourth-order valence-corrected chi connectivity index (χ4v) is 2.82. The van der Waals surface area contributed by atoms with E-state index in [0.717, 1.165) is 45.4 Å². The molecule has 1 fully saturated rings. The summed E-state index contributed by atoms with van der Waals surface area (Å²) in [6.45, 7) is 8.55. The Morgan fingerprint density at radius 1 is 1.11 bits per heavy atom. The van der Waals surface area contributed by atoms with Gasteiger partial charge in [0.15, 0.2) is 0 Å². The third-order valence-corrected chi connectivity index (χ3v) is 4.03. The molecule has 3 nitrogen and oxygen atoms in total. The predicted octanol–water partition coefficient (Wildman–Crippen LogP) is 3.20. The molecule has 3 heteroatoms. The van der Waals surface area contributed by atoms with Crippen LogP contribution in [0.5, 0.6) is 0 Å². The van der Waals surface area contributed by atoms with Crippen LogP contribution in [0.1, 0.15) is 65.2 Å². The Kier molecular flexibility index (Phi) is 8.89. The van der Waals surface area contributed by atoms with Crippen LogP contribution in [0.2, 0.25) is 0 Å². The normalized spacial score (nSPS) is 16.5. The number of amides is 1. The minimum Gasteiger partial charge on any atom is -0.342 e. The van der Waals surface area contributed by atoms with E-state index in [1.54, 1.807) is 0 Å². The molecule has 0 unspecified atom stereocenters. The van der Waals surface area contributed by atoms with Crippen LogP contribution in [0.25, 0.3) is 0 Å². The van der Waals surface area contributed by atoms with Crippen LogP contribution < -0.4 is 5.32 Å². The van der Waals surface area contributed by atoms with Gasteiger partial charge in [0.05, 0.1) is 0 Å². The molecule has 1 N–H and O–H groups in total. The summed E-state index contributed by atoms with van der Waals surface area (Å²) < 4.78 is 0. The summed E-state index contributed by atoms with van der Waals surface area (Å²) in [5.41, 5.74) is 0. The molecule has 1 rings (SSSR count). The van der Waals surface area contributed by atoms with Gasteiger partial charge in [0.1, 0.15) is 0 Å². The van der Waals surface area contributed by atoms with E-state index in [2.05, 4.69) is 24.1 Å². The van der Waals surface area contributed by atoms with Gasteiger partial charge < -0.3 is 10.2 Å². The van der Waals surface area contributed by atoms with Crippen LogP contribution in [0.4, 0.5) is 0 Å². The number of nitrogens with one attached hydrogen (secondary N) is 1. The molecule has 0 aromatic heterocycles. The molecule has 1 saturated heterocycles. The highest BCUT2D eigenvalue weighted by atomic mass is 16.2. The van der Waals surface area contributed by atoms with Crippen molar-refractivity contribution in [2.45, 2.75) is 65.2 Å². The van der Waals surface area contributed by atoms with Gasteiger partial charge in [0, 0.05) is 19.5 Å². The van der Waals surface area contributed by atoms with Crippen molar-refractivity contribution >= 4 is 5.91 Å². The zero-order valence-electron chi connectivity index (χ0n) is 12.9. The van der Waals surface area contributed by atoms with Gasteiger partial charge >= 0.3 is 0 Å². The van der Waals surface area contributed by atoms with Gasteiger partial charge in [-0.25, -0.2) is 0 Å². The quantitative estimate of drug-likeness (QED) is 0.651. The van der Waals surface area contributed by atoms with E-state index < -0.39 is 0 Å². The Balaban J connectivity index is 2.30. The van der Waals surface area contributed by atoms with Crippen molar-refractivity contribution < 1.29 is 4.79 Å². The van der Waals surface area contributed by atoms with E-state index in [9.17, 15) is 4.79 Å². The molecular formula is C16H32N2O. The summed E-state index contributed by atoms with van der Waals surface area (Å²) in [6, 6.07) is 0. The van der Waals surface area contributed by atoms with Crippen molar-refractivity contribution in [3.8, 4) is 0 Å². The zero-order valence-corrected chi connectivity index (χ0v) is 12.9. The number of carbonyl (C=O) groups excluding carboxylic acids is 1. The molecule has 0 bridgehead atoms. The lowest BCUT2D eigenvalue weighted by Crippen LogP contribution is -2.39. The van der Waals surface area contributed by atoms with E-state index >= 15 is 0 Å². The summed E-state index contributed by atoms with van der Waals surface area (Å²) >= 11 is 0. The summed E-state index contributed by atoms with van der Waals surface area (Å²) in [4.78, 5) is 14.4. The van der Waals surface area contributed by atoms with Crippen molar-refractivity contribution in [1.82, 2.24) is 10.2 Å². The van der Waals surface area contributed by atoms with Crippen molar-refractivity contribution in [2.75, 3.05) is 26.2 Å². The van der Waals surface area contributed by atoms with Gasteiger partial charge in [-0.3, -0.25) is 4.79 Å². The number of nitrogens with zero attached hydrogens (tertiary/aromatic N) is 1. The van der Waals surface area contributed by atoms with Crippen LogP contribution in [0.15, 0.2) is 0 Å². The maximum Gasteiger partial charge on any atom is 0.222 e. The number of hydrogen-bond acceptors (Lipinski definition) is 2. The third kappa shape index (κ3) is 6.95. The molecule has 1 heterocycles. The van der Waals surface area contributed by atoms with Crippen molar-refractivity contribution in [3.63, 3.8) is 0 Å². The number of carbonyl (C=O) groups is 1. The van der Waals surface area contributed by atoms with Crippen LogP contribution in [-0.2, 0) is 4.79 Å². The molecule has 0 spiro atoms. The number of rotatable bonds is 9. The molecule has 0 radical (unpaired) electrons. The highest BCUT2D eigenvalue weighted by Gasteiger charge is 2.19. The standard InChI is InChI=1S/C16H32N2O/c1-3-5-6-7-8-16(19)18(13-4-2)14-15-9-11-17-12-10-15/h15,17H,3-14H2,1-2H3. The minimum atomic E-state index is 0.386. The average molecular weight is 268 g/mol. The molecule has 0 aromatic rings. The van der Waals surface area contributed by atoms with Crippen LogP contribution in [0.3, 0.4) is 0 Å². The summed E-state index contributed by atoms with van der Waals surface area (Å²) in [6.07, 6.45) is 9.05. The van der Waals surface area contributed by atoms with E-state index in [0.29, 0.717) is 11.8 Å². The Morgan fingerprint density at radius 3 is 2.47 bits per heavy atom. The molecule has 1 aliphatic rings. The maximum absolute atomic E-state index is 12.3. The molecule has 0 saturated carbocycles. The van der Waals surface area contributed by atoms with E-state index in [-0.39, 0.29) is 0 Å². The molecule has 0 atom stereocenters. The lowest BCUT2D eigenvalue weighted by atomic mass is 9.97. The highest BCUT2D eigenvalue weighted by molar-refractivity contribution is 5.76. The predicted molar refractivity (Wildman–Crippen MR) is 81.2 cm³/mol. The minimum absolute atomic E-state index is 0.386. The molecule has 19 heavy (non-hydrogen) atoms. The monoisotopic (exact) mass is 268 g/mol. The lowest BCUT2D eigenvalue weighted by molar-refractivity contribution is -0.132. The Hall–Kier alpha value is -0.570. The van der Waals surface area contributed by atoms with Crippen LogP contribution >= 0.6 is 0 Å². The molecule has 1 aliphatic heterocycles. The SMILES string of the molecule is CCCCCCC(=O)N(CCC)CC1CCNCC1. The highest BCUT2D eigenvalue weighted by Crippen LogP contribution is 2.15. The Labute approximate surface area is 119 Å². The smallest absolute Gasteiger partial charge is 0.222 e. The number of unbranched alkanes of at least 4 members (excludes halogenated alkanes) is 3. The molecule has 0 aromatic carbocycles. The first kappa shape index (κ1) is 16.5. The van der Waals surface area contributed by atoms with Gasteiger partial charge in [-0.2, -0.15) is 0 Å². The van der Waals surface area contributed by atoms with Gasteiger partial charge in [-0.1, -0.05) is 33.1 Å². The largest absolute Gasteiger partial charge is 0.342 e. The Bertz CT molecular complexity index is 237. The second-order valence-electron chi connectivity index (χ2n) is 5.84. The average Bonchev–Trinajstić information content (AvgIpc) is 2.44. The molecule has 112 valence electrons. The van der Waals surface area contributed by atoms with Gasteiger partial charge in [0.2, 0.25) is 5.91 Å². The summed E-state index contributed by atoms with van der Waals surface area (Å²) in [5, 5.41) is 3.39. The number of hydrogen-bond donors (Lipinski definition) is 1. The van der Waals surface area contributed by atoms with E-state index in [1.807, 2.05) is 0 Å². The van der Waals surface area contributed by atoms with Crippen LogP contribution in [-0.4, -0.2) is 37.0 Å². The first-order valence-corrected chi connectivity index (χ1v) is 8.26.